The number of nitrogens with zero attached hydrogens (tertiary/aromatic N) is 3. The largest absolute Gasteiger partial charge is 0.497 e. The van der Waals surface area contributed by atoms with Gasteiger partial charge in [-0.15, -0.1) is 0 Å². The summed E-state index contributed by atoms with van der Waals surface area (Å²) in [6.45, 7) is 1.65. The number of aromatic nitrogens is 2. The molecule has 0 radical (unpaired) electrons. The second-order valence-corrected chi connectivity index (χ2v) is 10.2. The zero-order chi connectivity index (χ0) is 26.9. The van der Waals surface area contributed by atoms with Crippen LogP contribution in [0.25, 0.3) is 22.0 Å². The Morgan fingerprint density at radius 2 is 1.90 bits per heavy atom. The van der Waals surface area contributed by atoms with Crippen molar-refractivity contribution in [3.63, 3.8) is 0 Å². The lowest BCUT2D eigenvalue weighted by molar-refractivity contribution is -0.108. The van der Waals surface area contributed by atoms with Crippen LogP contribution in [0, 0.1) is 5.92 Å². The Morgan fingerprint density at radius 3 is 2.64 bits per heavy atom. The second kappa shape index (κ2) is 10.2. The van der Waals surface area contributed by atoms with Crippen molar-refractivity contribution in [2.75, 3.05) is 13.7 Å². The molecule has 6 rings (SSSR count). The Balaban J connectivity index is 1.22. The smallest absolute Gasteiger partial charge is 0.321 e. The highest BCUT2D eigenvalue weighted by Gasteiger charge is 2.30. The average molecular weight is 524 g/mol. The highest BCUT2D eigenvalue weighted by atomic mass is 16.5. The quantitative estimate of drug-likeness (QED) is 0.319. The predicted molar refractivity (Wildman–Crippen MR) is 146 cm³/mol. The Kier molecular flexibility index (Phi) is 6.48. The molecule has 4 amide bonds. The van der Waals surface area contributed by atoms with Crippen LogP contribution in [0.4, 0.5) is 4.79 Å². The molecule has 198 valence electrons. The van der Waals surface area contributed by atoms with Gasteiger partial charge >= 0.3 is 6.03 Å². The summed E-state index contributed by atoms with van der Waals surface area (Å²) in [5, 5.41) is 10.6. The fourth-order valence-corrected chi connectivity index (χ4v) is 5.19. The van der Waals surface area contributed by atoms with Crippen LogP contribution in [0.3, 0.4) is 0 Å². The number of amides is 4. The molecular formula is C30H29N5O4. The lowest BCUT2D eigenvalue weighted by Gasteiger charge is -2.25. The number of carbonyl (C=O) groups excluding carboxylic acids is 3. The van der Waals surface area contributed by atoms with E-state index in [1.54, 1.807) is 18.1 Å². The molecule has 9 nitrogen and oxygen atoms in total. The van der Waals surface area contributed by atoms with Crippen LogP contribution < -0.4 is 15.4 Å². The van der Waals surface area contributed by atoms with Gasteiger partial charge in [-0.25, -0.2) is 4.79 Å². The Bertz CT molecular complexity index is 1560. The minimum absolute atomic E-state index is 0.126. The number of hydrogen-bond donors (Lipinski definition) is 2. The van der Waals surface area contributed by atoms with E-state index in [1.807, 2.05) is 42.6 Å². The monoisotopic (exact) mass is 523 g/mol. The van der Waals surface area contributed by atoms with Crippen molar-refractivity contribution < 1.29 is 19.1 Å². The normalized spacial score (nSPS) is 15.2. The van der Waals surface area contributed by atoms with Crippen molar-refractivity contribution in [1.29, 1.82) is 0 Å². The summed E-state index contributed by atoms with van der Waals surface area (Å²) in [5.41, 5.74) is 5.56. The van der Waals surface area contributed by atoms with Crippen molar-refractivity contribution in [3.05, 3.63) is 83.6 Å². The molecule has 0 bridgehead atoms. The van der Waals surface area contributed by atoms with Crippen molar-refractivity contribution in [2.24, 2.45) is 5.92 Å². The molecule has 3 aromatic carbocycles. The predicted octanol–water partition coefficient (Wildman–Crippen LogP) is 4.27. The van der Waals surface area contributed by atoms with E-state index < -0.39 is 12.1 Å². The number of carbonyl (C=O) groups is 3. The number of fused-ring (bicyclic) bond motifs is 2. The van der Waals surface area contributed by atoms with Gasteiger partial charge in [0.05, 0.1) is 24.9 Å². The third-order valence-electron chi connectivity index (χ3n) is 7.51. The van der Waals surface area contributed by atoms with Crippen LogP contribution in [0.5, 0.6) is 5.75 Å². The van der Waals surface area contributed by atoms with E-state index in [1.165, 1.54) is 12.8 Å². The van der Waals surface area contributed by atoms with Crippen LogP contribution in [0.15, 0.2) is 66.9 Å². The molecule has 0 saturated heterocycles. The molecule has 1 fully saturated rings. The Hall–Kier alpha value is -4.66. The second-order valence-electron chi connectivity index (χ2n) is 10.2. The fourth-order valence-electron chi connectivity index (χ4n) is 5.19. The van der Waals surface area contributed by atoms with E-state index in [4.69, 9.17) is 4.74 Å². The first-order valence-electron chi connectivity index (χ1n) is 13.0. The molecule has 2 heterocycles. The number of ether oxygens (including phenoxy) is 1. The van der Waals surface area contributed by atoms with Gasteiger partial charge in [-0.3, -0.25) is 19.6 Å². The van der Waals surface area contributed by atoms with Gasteiger partial charge in [0, 0.05) is 30.6 Å². The Morgan fingerprint density at radius 1 is 1.10 bits per heavy atom. The SMILES string of the molecule is COc1ccc2c(c1)C(=O)N(C[C@H](NC(=O)NC=O)c1ccc(-c3ccc4c(cnn4CC4CC4)c3)cc1)C2. The molecule has 2 aliphatic rings. The molecule has 1 aliphatic heterocycles. The molecule has 9 heteroatoms. The van der Waals surface area contributed by atoms with E-state index in [-0.39, 0.29) is 12.5 Å². The van der Waals surface area contributed by atoms with E-state index in [0.29, 0.717) is 24.3 Å². The minimum Gasteiger partial charge on any atom is -0.497 e. The van der Waals surface area contributed by atoms with Crippen molar-refractivity contribution in [1.82, 2.24) is 25.3 Å². The van der Waals surface area contributed by atoms with Crippen LogP contribution in [-0.4, -0.2) is 46.7 Å². The van der Waals surface area contributed by atoms with Gasteiger partial charge in [0.2, 0.25) is 6.41 Å². The summed E-state index contributed by atoms with van der Waals surface area (Å²) in [7, 11) is 1.56. The maximum Gasteiger partial charge on any atom is 0.321 e. The molecule has 0 spiro atoms. The molecule has 1 atom stereocenters. The first-order valence-corrected chi connectivity index (χ1v) is 13.0. The molecule has 1 saturated carbocycles. The van der Waals surface area contributed by atoms with Crippen LogP contribution in [0.1, 0.15) is 40.4 Å². The first-order chi connectivity index (χ1) is 19.0. The summed E-state index contributed by atoms with van der Waals surface area (Å²) < 4.78 is 7.36. The van der Waals surface area contributed by atoms with E-state index in [2.05, 4.69) is 38.6 Å². The third kappa shape index (κ3) is 5.07. The molecule has 39 heavy (non-hydrogen) atoms. The van der Waals surface area contributed by atoms with Crippen LogP contribution in [-0.2, 0) is 17.9 Å². The molecule has 0 unspecified atom stereocenters. The van der Waals surface area contributed by atoms with Crippen molar-refractivity contribution in [2.45, 2.75) is 32.0 Å². The van der Waals surface area contributed by atoms with Gasteiger partial charge in [-0.2, -0.15) is 5.10 Å². The molecule has 1 aliphatic carbocycles. The van der Waals surface area contributed by atoms with Crippen molar-refractivity contribution in [3.8, 4) is 16.9 Å². The van der Waals surface area contributed by atoms with Crippen molar-refractivity contribution >= 4 is 29.3 Å². The van der Waals surface area contributed by atoms with Gasteiger partial charge in [-0.05, 0) is 65.3 Å². The van der Waals surface area contributed by atoms with E-state index in [0.717, 1.165) is 45.6 Å². The van der Waals surface area contributed by atoms with Crippen LogP contribution >= 0.6 is 0 Å². The van der Waals surface area contributed by atoms with E-state index in [9.17, 15) is 14.4 Å². The summed E-state index contributed by atoms with van der Waals surface area (Å²) >= 11 is 0. The minimum atomic E-state index is -0.626. The number of hydrogen-bond acceptors (Lipinski definition) is 5. The third-order valence-corrected chi connectivity index (χ3v) is 7.51. The van der Waals surface area contributed by atoms with Crippen LogP contribution in [0.2, 0.25) is 0 Å². The molecule has 1 aromatic heterocycles. The van der Waals surface area contributed by atoms with Gasteiger partial charge < -0.3 is 15.0 Å². The summed E-state index contributed by atoms with van der Waals surface area (Å²) in [5.74, 6) is 1.25. The number of methoxy groups -OCH3 is 1. The van der Waals surface area contributed by atoms with Gasteiger partial charge in [0.15, 0.2) is 0 Å². The van der Waals surface area contributed by atoms with E-state index >= 15 is 0 Å². The summed E-state index contributed by atoms with van der Waals surface area (Å²) in [4.78, 5) is 37.9. The highest BCUT2D eigenvalue weighted by molar-refractivity contribution is 5.98. The maximum atomic E-state index is 13.1. The first kappa shape index (κ1) is 24.7. The summed E-state index contributed by atoms with van der Waals surface area (Å²) in [6, 6.07) is 18.6. The molecule has 2 N–H and O–H groups in total. The van der Waals surface area contributed by atoms with Gasteiger partial charge in [0.25, 0.3) is 5.91 Å². The zero-order valence-electron chi connectivity index (χ0n) is 21.6. The highest BCUT2D eigenvalue weighted by Crippen LogP contribution is 2.33. The number of rotatable bonds is 9. The maximum absolute atomic E-state index is 13.1. The zero-order valence-corrected chi connectivity index (χ0v) is 21.6. The molecule has 4 aromatic rings. The molecular weight excluding hydrogens is 494 g/mol. The number of urea groups is 1. The van der Waals surface area contributed by atoms with Gasteiger partial charge in [-0.1, -0.05) is 36.4 Å². The standard InChI is InChI=1S/C30H29N5O4/c1-39-25-10-8-23-16-34(29(37)26(23)13-25)17-27(33-30(38)31-18-36)21-6-4-20(5-7-21)22-9-11-28-24(12-22)14-32-35(28)15-19-2-3-19/h4-14,18-19,27H,2-3,15-17H2,1H3,(H2,31,33,36,38)/t27-/m0/s1. The average Bonchev–Trinajstić information content (AvgIpc) is 3.61. The number of benzene rings is 3. The lowest BCUT2D eigenvalue weighted by atomic mass is 9.99. The van der Waals surface area contributed by atoms with Gasteiger partial charge in [0.1, 0.15) is 5.75 Å². The fraction of sp³-hybridized carbons (Fsp3) is 0.267. The summed E-state index contributed by atoms with van der Waals surface area (Å²) in [6.07, 6.45) is 4.82. The number of nitrogens with one attached hydrogen (secondary N) is 2. The Labute approximate surface area is 225 Å². The lowest BCUT2D eigenvalue weighted by Crippen LogP contribution is -2.42. The topological polar surface area (TPSA) is 106 Å². The number of imide groups is 1.